The number of hydrogen-bond acceptors (Lipinski definition) is 2. The smallest absolute Gasteiger partial charge is 0.380 e. The maximum Gasteiger partial charge on any atom is 0.389 e. The molecule has 1 unspecified atom stereocenters. The molecule has 0 aromatic rings. The summed E-state index contributed by atoms with van der Waals surface area (Å²) in [6.07, 6.45) is -3.73. The molecule has 92 valence electrons. The second-order valence-corrected chi connectivity index (χ2v) is 3.65. The standard InChI is InChI=1S/C10H20F3NO/c1-3-6-14-9(2)8-15-7-4-5-10(11,12)13/h9,14H,3-8H2,1-2H3. The molecule has 0 fully saturated rings. The van der Waals surface area contributed by atoms with Crippen molar-refractivity contribution in [3.05, 3.63) is 0 Å². The van der Waals surface area contributed by atoms with Gasteiger partial charge in [-0.2, -0.15) is 13.2 Å². The molecule has 0 saturated carbocycles. The van der Waals surface area contributed by atoms with Crippen LogP contribution in [0.15, 0.2) is 0 Å². The minimum absolute atomic E-state index is 0.0456. The first kappa shape index (κ1) is 14.7. The van der Waals surface area contributed by atoms with Crippen LogP contribution in [0.25, 0.3) is 0 Å². The minimum Gasteiger partial charge on any atom is -0.380 e. The zero-order valence-corrected chi connectivity index (χ0v) is 9.36. The van der Waals surface area contributed by atoms with E-state index in [9.17, 15) is 13.2 Å². The van der Waals surface area contributed by atoms with Gasteiger partial charge in [0, 0.05) is 19.1 Å². The minimum atomic E-state index is -4.06. The molecule has 0 spiro atoms. The van der Waals surface area contributed by atoms with E-state index in [2.05, 4.69) is 12.2 Å². The Bertz CT molecular complexity index is 150. The zero-order chi connectivity index (χ0) is 11.7. The van der Waals surface area contributed by atoms with Gasteiger partial charge in [-0.25, -0.2) is 0 Å². The van der Waals surface area contributed by atoms with Gasteiger partial charge in [0.15, 0.2) is 0 Å². The monoisotopic (exact) mass is 227 g/mol. The molecule has 0 aromatic heterocycles. The zero-order valence-electron chi connectivity index (χ0n) is 9.36. The molecule has 0 aliphatic heterocycles. The highest BCUT2D eigenvalue weighted by Gasteiger charge is 2.25. The molecule has 0 amide bonds. The Morgan fingerprint density at radius 2 is 2.00 bits per heavy atom. The Hall–Kier alpha value is -0.290. The van der Waals surface area contributed by atoms with Crippen LogP contribution in [-0.2, 0) is 4.74 Å². The molecule has 0 radical (unpaired) electrons. The maximum atomic E-state index is 11.7. The lowest BCUT2D eigenvalue weighted by Gasteiger charge is -2.13. The SMILES string of the molecule is CCCNC(C)COCCCC(F)(F)F. The number of alkyl halides is 3. The molecule has 0 bridgehead atoms. The van der Waals surface area contributed by atoms with E-state index in [1.807, 2.05) is 6.92 Å². The molecule has 0 rings (SSSR count). The van der Waals surface area contributed by atoms with Crippen molar-refractivity contribution in [3.63, 3.8) is 0 Å². The van der Waals surface area contributed by atoms with Crippen LogP contribution in [0.1, 0.15) is 33.1 Å². The van der Waals surface area contributed by atoms with E-state index in [0.29, 0.717) is 6.61 Å². The van der Waals surface area contributed by atoms with E-state index >= 15 is 0 Å². The van der Waals surface area contributed by atoms with Gasteiger partial charge >= 0.3 is 6.18 Å². The number of hydrogen-bond donors (Lipinski definition) is 1. The topological polar surface area (TPSA) is 21.3 Å². The third-order valence-corrected chi connectivity index (χ3v) is 1.86. The Kier molecular flexibility index (Phi) is 7.78. The lowest BCUT2D eigenvalue weighted by Crippen LogP contribution is -2.31. The first-order chi connectivity index (χ1) is 6.95. The fourth-order valence-corrected chi connectivity index (χ4v) is 1.08. The third-order valence-electron chi connectivity index (χ3n) is 1.86. The van der Waals surface area contributed by atoms with E-state index in [0.717, 1.165) is 13.0 Å². The maximum absolute atomic E-state index is 11.7. The first-order valence-electron chi connectivity index (χ1n) is 5.33. The normalized spacial score (nSPS) is 14.2. The van der Waals surface area contributed by atoms with Crippen LogP contribution in [0.5, 0.6) is 0 Å². The molecule has 1 atom stereocenters. The van der Waals surface area contributed by atoms with Gasteiger partial charge in [-0.15, -0.1) is 0 Å². The number of ether oxygens (including phenoxy) is 1. The lowest BCUT2D eigenvalue weighted by molar-refractivity contribution is -0.137. The van der Waals surface area contributed by atoms with E-state index in [-0.39, 0.29) is 19.1 Å². The molecule has 0 saturated heterocycles. The van der Waals surface area contributed by atoms with Crippen molar-refractivity contribution in [1.29, 1.82) is 0 Å². The molecule has 2 nitrogen and oxygen atoms in total. The van der Waals surface area contributed by atoms with Crippen molar-refractivity contribution in [3.8, 4) is 0 Å². The summed E-state index contributed by atoms with van der Waals surface area (Å²) in [4.78, 5) is 0. The highest BCUT2D eigenvalue weighted by Crippen LogP contribution is 2.20. The predicted octanol–water partition coefficient (Wildman–Crippen LogP) is 2.73. The van der Waals surface area contributed by atoms with E-state index < -0.39 is 12.6 Å². The lowest BCUT2D eigenvalue weighted by atomic mass is 10.3. The third kappa shape index (κ3) is 11.6. The van der Waals surface area contributed by atoms with Crippen LogP contribution in [0.3, 0.4) is 0 Å². The molecular formula is C10H20F3NO. The highest BCUT2D eigenvalue weighted by atomic mass is 19.4. The summed E-state index contributed by atoms with van der Waals surface area (Å²) in [6, 6.07) is 0.204. The van der Waals surface area contributed by atoms with Crippen LogP contribution in [-0.4, -0.2) is 32.0 Å². The Balaban J connectivity index is 3.23. The molecule has 15 heavy (non-hydrogen) atoms. The summed E-state index contributed by atoms with van der Waals surface area (Å²) in [7, 11) is 0. The summed E-state index contributed by atoms with van der Waals surface area (Å²) in [5.74, 6) is 0. The van der Waals surface area contributed by atoms with E-state index in [1.54, 1.807) is 0 Å². The molecule has 5 heteroatoms. The van der Waals surface area contributed by atoms with Gasteiger partial charge in [-0.1, -0.05) is 6.92 Å². The van der Waals surface area contributed by atoms with Gasteiger partial charge in [0.05, 0.1) is 6.61 Å². The van der Waals surface area contributed by atoms with Crippen LogP contribution in [0.2, 0.25) is 0 Å². The van der Waals surface area contributed by atoms with Crippen molar-refractivity contribution in [2.45, 2.75) is 45.3 Å². The Labute approximate surface area is 89.2 Å². The van der Waals surface area contributed by atoms with Crippen LogP contribution in [0.4, 0.5) is 13.2 Å². The molecule has 1 N–H and O–H groups in total. The van der Waals surface area contributed by atoms with Gasteiger partial charge in [0.1, 0.15) is 0 Å². The summed E-state index contributed by atoms with van der Waals surface area (Å²) < 4.78 is 40.3. The van der Waals surface area contributed by atoms with Crippen molar-refractivity contribution in [2.24, 2.45) is 0 Å². The fraction of sp³-hybridized carbons (Fsp3) is 1.00. The van der Waals surface area contributed by atoms with Gasteiger partial charge in [0.25, 0.3) is 0 Å². The molecule has 0 aromatic carbocycles. The predicted molar refractivity (Wildman–Crippen MR) is 53.9 cm³/mol. The van der Waals surface area contributed by atoms with Crippen molar-refractivity contribution in [2.75, 3.05) is 19.8 Å². The quantitative estimate of drug-likeness (QED) is 0.644. The summed E-state index contributed by atoms with van der Waals surface area (Å²) >= 11 is 0. The number of nitrogens with one attached hydrogen (secondary N) is 1. The first-order valence-corrected chi connectivity index (χ1v) is 5.33. The van der Waals surface area contributed by atoms with E-state index in [4.69, 9.17) is 4.74 Å². The molecule has 0 aliphatic rings. The van der Waals surface area contributed by atoms with E-state index in [1.165, 1.54) is 0 Å². The Morgan fingerprint density at radius 3 is 2.53 bits per heavy atom. The Morgan fingerprint density at radius 1 is 1.33 bits per heavy atom. The molecule has 0 aliphatic carbocycles. The van der Waals surface area contributed by atoms with Crippen LogP contribution in [0, 0.1) is 0 Å². The van der Waals surface area contributed by atoms with Crippen LogP contribution >= 0.6 is 0 Å². The van der Waals surface area contributed by atoms with Gasteiger partial charge in [-0.05, 0) is 26.3 Å². The second-order valence-electron chi connectivity index (χ2n) is 3.65. The van der Waals surface area contributed by atoms with Gasteiger partial charge in [-0.3, -0.25) is 0 Å². The fourth-order valence-electron chi connectivity index (χ4n) is 1.08. The highest BCUT2D eigenvalue weighted by molar-refractivity contribution is 4.58. The summed E-state index contributed by atoms with van der Waals surface area (Å²) in [6.45, 7) is 5.58. The average Bonchev–Trinajstić information content (AvgIpc) is 2.12. The molecule has 0 heterocycles. The second kappa shape index (κ2) is 7.93. The largest absolute Gasteiger partial charge is 0.389 e. The summed E-state index contributed by atoms with van der Waals surface area (Å²) in [5, 5.41) is 3.19. The molecular weight excluding hydrogens is 207 g/mol. The van der Waals surface area contributed by atoms with Crippen molar-refractivity contribution in [1.82, 2.24) is 5.32 Å². The van der Waals surface area contributed by atoms with Crippen LogP contribution < -0.4 is 5.32 Å². The van der Waals surface area contributed by atoms with Crippen molar-refractivity contribution < 1.29 is 17.9 Å². The summed E-state index contributed by atoms with van der Waals surface area (Å²) in [5.41, 5.74) is 0. The van der Waals surface area contributed by atoms with Gasteiger partial charge < -0.3 is 10.1 Å². The average molecular weight is 227 g/mol. The number of halogens is 3. The number of rotatable bonds is 8. The van der Waals surface area contributed by atoms with Crippen molar-refractivity contribution >= 4 is 0 Å². The van der Waals surface area contributed by atoms with Gasteiger partial charge in [0.2, 0.25) is 0 Å².